The third-order valence-corrected chi connectivity index (χ3v) is 4.59. The Morgan fingerprint density at radius 3 is 2.35 bits per heavy atom. The standard InChI is InChI=1S/C13H23NO3/c1-9-6-14(7-11(9)8-15)12-4-2-10(3-5-12)13(16)17/h9-12,15H,2-8H2,1H3,(H,16,17)/t9-,10?,11-,12?/m1/s1. The highest BCUT2D eigenvalue weighted by Gasteiger charge is 2.35. The van der Waals surface area contributed by atoms with E-state index in [4.69, 9.17) is 5.11 Å². The van der Waals surface area contributed by atoms with Crippen LogP contribution in [0, 0.1) is 17.8 Å². The van der Waals surface area contributed by atoms with Gasteiger partial charge < -0.3 is 10.2 Å². The van der Waals surface area contributed by atoms with Crippen LogP contribution in [0.4, 0.5) is 0 Å². The van der Waals surface area contributed by atoms with E-state index >= 15 is 0 Å². The molecule has 2 atom stereocenters. The predicted octanol–water partition coefficient (Wildman–Crippen LogP) is 1.19. The molecule has 2 aliphatic rings. The molecule has 4 heteroatoms. The van der Waals surface area contributed by atoms with E-state index in [0.29, 0.717) is 17.9 Å². The molecule has 1 saturated carbocycles. The minimum Gasteiger partial charge on any atom is -0.481 e. The molecule has 2 rings (SSSR count). The summed E-state index contributed by atoms with van der Waals surface area (Å²) in [6.07, 6.45) is 3.63. The topological polar surface area (TPSA) is 60.8 Å². The second-order valence-corrected chi connectivity index (χ2v) is 5.72. The zero-order valence-electron chi connectivity index (χ0n) is 10.5. The lowest BCUT2D eigenvalue weighted by atomic mass is 9.85. The van der Waals surface area contributed by atoms with Gasteiger partial charge in [0.2, 0.25) is 0 Å². The summed E-state index contributed by atoms with van der Waals surface area (Å²) in [4.78, 5) is 13.3. The number of aliphatic carboxylic acids is 1. The van der Waals surface area contributed by atoms with Gasteiger partial charge >= 0.3 is 5.97 Å². The van der Waals surface area contributed by atoms with E-state index in [2.05, 4.69) is 11.8 Å². The van der Waals surface area contributed by atoms with Crippen LogP contribution in [0.3, 0.4) is 0 Å². The number of aliphatic hydroxyl groups is 1. The molecule has 2 N–H and O–H groups in total. The normalized spacial score (nSPS) is 39.4. The molecular formula is C13H23NO3. The Balaban J connectivity index is 1.84. The van der Waals surface area contributed by atoms with Gasteiger partial charge in [-0.05, 0) is 37.5 Å². The molecule has 1 aliphatic carbocycles. The zero-order chi connectivity index (χ0) is 12.4. The van der Waals surface area contributed by atoms with Crippen molar-refractivity contribution in [2.45, 2.75) is 38.6 Å². The molecule has 98 valence electrons. The Kier molecular flexibility index (Phi) is 4.05. The van der Waals surface area contributed by atoms with Crippen molar-refractivity contribution in [2.75, 3.05) is 19.7 Å². The number of carbonyl (C=O) groups is 1. The van der Waals surface area contributed by atoms with Crippen LogP contribution in [0.5, 0.6) is 0 Å². The molecule has 0 radical (unpaired) electrons. The summed E-state index contributed by atoms with van der Waals surface area (Å²) >= 11 is 0. The highest BCUT2D eigenvalue weighted by atomic mass is 16.4. The first kappa shape index (κ1) is 12.8. The van der Waals surface area contributed by atoms with Crippen LogP contribution in [0.2, 0.25) is 0 Å². The number of hydrogen-bond acceptors (Lipinski definition) is 3. The van der Waals surface area contributed by atoms with Gasteiger partial charge in [0.15, 0.2) is 0 Å². The van der Waals surface area contributed by atoms with Crippen molar-refractivity contribution in [1.82, 2.24) is 4.90 Å². The van der Waals surface area contributed by atoms with E-state index in [1.165, 1.54) is 0 Å². The maximum Gasteiger partial charge on any atom is 0.306 e. The van der Waals surface area contributed by atoms with Crippen molar-refractivity contribution in [1.29, 1.82) is 0 Å². The van der Waals surface area contributed by atoms with Crippen molar-refractivity contribution in [3.63, 3.8) is 0 Å². The molecule has 17 heavy (non-hydrogen) atoms. The van der Waals surface area contributed by atoms with E-state index < -0.39 is 5.97 Å². The van der Waals surface area contributed by atoms with Crippen LogP contribution in [-0.4, -0.2) is 46.8 Å². The molecule has 0 unspecified atom stereocenters. The number of carboxylic acid groups (broad SMARTS) is 1. The minimum absolute atomic E-state index is 0.125. The van der Waals surface area contributed by atoms with Crippen LogP contribution >= 0.6 is 0 Å². The van der Waals surface area contributed by atoms with Crippen molar-refractivity contribution in [3.8, 4) is 0 Å². The first-order valence-corrected chi connectivity index (χ1v) is 6.69. The zero-order valence-corrected chi connectivity index (χ0v) is 10.5. The molecule has 0 amide bonds. The van der Waals surface area contributed by atoms with E-state index in [1.807, 2.05) is 0 Å². The summed E-state index contributed by atoms with van der Waals surface area (Å²) in [5.41, 5.74) is 0. The Hall–Kier alpha value is -0.610. The van der Waals surface area contributed by atoms with Crippen LogP contribution in [0.25, 0.3) is 0 Å². The van der Waals surface area contributed by atoms with Gasteiger partial charge in [0, 0.05) is 25.7 Å². The average Bonchev–Trinajstić information content (AvgIpc) is 2.70. The number of carboxylic acids is 1. The van der Waals surface area contributed by atoms with Crippen LogP contribution in [-0.2, 0) is 4.79 Å². The molecule has 0 spiro atoms. The van der Waals surface area contributed by atoms with Crippen LogP contribution < -0.4 is 0 Å². The Bertz CT molecular complexity index is 274. The van der Waals surface area contributed by atoms with E-state index in [9.17, 15) is 9.90 Å². The van der Waals surface area contributed by atoms with Crippen molar-refractivity contribution in [3.05, 3.63) is 0 Å². The molecule has 1 heterocycles. The highest BCUT2D eigenvalue weighted by Crippen LogP contribution is 2.32. The second-order valence-electron chi connectivity index (χ2n) is 5.72. The minimum atomic E-state index is -0.633. The number of likely N-dealkylation sites (tertiary alicyclic amines) is 1. The Morgan fingerprint density at radius 1 is 1.24 bits per heavy atom. The molecule has 0 aromatic heterocycles. The Labute approximate surface area is 103 Å². The first-order valence-electron chi connectivity index (χ1n) is 6.69. The monoisotopic (exact) mass is 241 g/mol. The third-order valence-electron chi connectivity index (χ3n) is 4.59. The third kappa shape index (κ3) is 2.80. The first-order chi connectivity index (χ1) is 8.11. The van der Waals surface area contributed by atoms with Gasteiger partial charge in [-0.2, -0.15) is 0 Å². The smallest absolute Gasteiger partial charge is 0.306 e. The lowest BCUT2D eigenvalue weighted by molar-refractivity contribution is -0.143. The van der Waals surface area contributed by atoms with Gasteiger partial charge in [-0.1, -0.05) is 6.92 Å². The number of hydrogen-bond donors (Lipinski definition) is 2. The van der Waals surface area contributed by atoms with E-state index in [1.54, 1.807) is 0 Å². The number of nitrogens with zero attached hydrogens (tertiary/aromatic N) is 1. The molecule has 0 aromatic rings. The van der Waals surface area contributed by atoms with Gasteiger partial charge in [0.1, 0.15) is 0 Å². The molecular weight excluding hydrogens is 218 g/mol. The van der Waals surface area contributed by atoms with Crippen molar-refractivity contribution >= 4 is 5.97 Å². The summed E-state index contributed by atoms with van der Waals surface area (Å²) in [6, 6.07) is 0.546. The summed E-state index contributed by atoms with van der Waals surface area (Å²) in [5.74, 6) is 0.218. The molecule has 0 aromatic carbocycles. The van der Waals surface area contributed by atoms with Gasteiger partial charge in [0.25, 0.3) is 0 Å². The fraction of sp³-hybridized carbons (Fsp3) is 0.923. The van der Waals surface area contributed by atoms with Crippen LogP contribution in [0.1, 0.15) is 32.6 Å². The quantitative estimate of drug-likeness (QED) is 0.779. The van der Waals surface area contributed by atoms with E-state index in [0.717, 1.165) is 38.8 Å². The summed E-state index contributed by atoms with van der Waals surface area (Å²) < 4.78 is 0. The Morgan fingerprint density at radius 2 is 1.88 bits per heavy atom. The van der Waals surface area contributed by atoms with E-state index in [-0.39, 0.29) is 12.5 Å². The lowest BCUT2D eigenvalue weighted by Crippen LogP contribution is -2.38. The lowest BCUT2D eigenvalue weighted by Gasteiger charge is -2.33. The summed E-state index contributed by atoms with van der Waals surface area (Å²) in [6.45, 7) is 4.53. The highest BCUT2D eigenvalue weighted by molar-refractivity contribution is 5.70. The average molecular weight is 241 g/mol. The summed E-state index contributed by atoms with van der Waals surface area (Å²) in [7, 11) is 0. The maximum absolute atomic E-state index is 10.9. The van der Waals surface area contributed by atoms with Gasteiger partial charge in [-0.3, -0.25) is 9.69 Å². The summed E-state index contributed by atoms with van der Waals surface area (Å²) in [5, 5.41) is 18.2. The molecule has 1 saturated heterocycles. The number of aliphatic hydroxyl groups excluding tert-OH is 1. The van der Waals surface area contributed by atoms with Crippen molar-refractivity contribution in [2.24, 2.45) is 17.8 Å². The van der Waals surface area contributed by atoms with Crippen molar-refractivity contribution < 1.29 is 15.0 Å². The second kappa shape index (κ2) is 5.36. The molecule has 1 aliphatic heterocycles. The fourth-order valence-corrected chi connectivity index (χ4v) is 3.30. The molecule has 2 fully saturated rings. The fourth-order valence-electron chi connectivity index (χ4n) is 3.30. The van der Waals surface area contributed by atoms with Gasteiger partial charge in [-0.15, -0.1) is 0 Å². The molecule has 4 nitrogen and oxygen atoms in total. The number of rotatable bonds is 3. The predicted molar refractivity (Wildman–Crippen MR) is 64.7 cm³/mol. The molecule has 0 bridgehead atoms. The maximum atomic E-state index is 10.9. The largest absolute Gasteiger partial charge is 0.481 e. The van der Waals surface area contributed by atoms with Gasteiger partial charge in [-0.25, -0.2) is 0 Å². The van der Waals surface area contributed by atoms with Crippen LogP contribution in [0.15, 0.2) is 0 Å². The van der Waals surface area contributed by atoms with Gasteiger partial charge in [0.05, 0.1) is 5.92 Å². The SMILES string of the molecule is C[C@@H]1CN(C2CCC(C(=O)O)CC2)C[C@@H]1CO.